The quantitative estimate of drug-likeness (QED) is 0.339. The molecular formula is C30H36FN3O4S. The molecule has 3 aromatic rings. The number of hydrogen-bond donors (Lipinski definition) is 1. The Kier molecular flexibility index (Phi) is 10.2. The molecule has 0 spiro atoms. The second-order valence-electron chi connectivity index (χ2n) is 9.65. The lowest BCUT2D eigenvalue weighted by Gasteiger charge is -2.32. The van der Waals surface area contributed by atoms with E-state index in [0.29, 0.717) is 18.7 Å². The Morgan fingerprint density at radius 3 is 2.10 bits per heavy atom. The molecule has 0 aliphatic heterocycles. The van der Waals surface area contributed by atoms with Crippen molar-refractivity contribution in [2.75, 3.05) is 17.4 Å². The highest BCUT2D eigenvalue weighted by atomic mass is 32.2. The summed E-state index contributed by atoms with van der Waals surface area (Å²) in [6.07, 6.45) is 0.704. The molecule has 3 aromatic carbocycles. The average molecular weight is 554 g/mol. The zero-order valence-electron chi connectivity index (χ0n) is 22.8. The van der Waals surface area contributed by atoms with Gasteiger partial charge in [-0.3, -0.25) is 13.9 Å². The third-order valence-electron chi connectivity index (χ3n) is 6.47. The summed E-state index contributed by atoms with van der Waals surface area (Å²) in [5.41, 5.74) is 1.55. The van der Waals surface area contributed by atoms with Crippen LogP contribution >= 0.6 is 0 Å². The Hall–Kier alpha value is -3.72. The van der Waals surface area contributed by atoms with Crippen molar-refractivity contribution in [3.8, 4) is 0 Å². The summed E-state index contributed by atoms with van der Waals surface area (Å²) >= 11 is 0. The molecule has 0 fully saturated rings. The Morgan fingerprint density at radius 2 is 1.51 bits per heavy atom. The fourth-order valence-electron chi connectivity index (χ4n) is 4.06. The predicted molar refractivity (Wildman–Crippen MR) is 151 cm³/mol. The van der Waals surface area contributed by atoms with Gasteiger partial charge in [-0.25, -0.2) is 12.8 Å². The molecule has 1 N–H and O–H groups in total. The molecule has 9 heteroatoms. The second kappa shape index (κ2) is 13.4. The van der Waals surface area contributed by atoms with Gasteiger partial charge >= 0.3 is 0 Å². The molecule has 3 rings (SSSR count). The third kappa shape index (κ3) is 7.44. The second-order valence-corrected chi connectivity index (χ2v) is 11.5. The molecule has 1 atom stereocenters. The van der Waals surface area contributed by atoms with Crippen LogP contribution < -0.4 is 9.62 Å². The minimum absolute atomic E-state index is 0.0279. The highest BCUT2D eigenvalue weighted by Crippen LogP contribution is 2.26. The molecule has 0 aliphatic carbocycles. The van der Waals surface area contributed by atoms with E-state index < -0.39 is 40.2 Å². The number of nitrogens with one attached hydrogen (secondary N) is 1. The zero-order chi connectivity index (χ0) is 28.6. The van der Waals surface area contributed by atoms with E-state index in [1.54, 1.807) is 43.3 Å². The van der Waals surface area contributed by atoms with E-state index in [-0.39, 0.29) is 22.9 Å². The lowest BCUT2D eigenvalue weighted by Crippen LogP contribution is -2.51. The monoisotopic (exact) mass is 553 g/mol. The van der Waals surface area contributed by atoms with Crippen molar-refractivity contribution in [1.82, 2.24) is 10.2 Å². The van der Waals surface area contributed by atoms with Crippen LogP contribution in [0.5, 0.6) is 0 Å². The van der Waals surface area contributed by atoms with Crippen LogP contribution in [0.1, 0.15) is 51.2 Å². The molecule has 0 unspecified atom stereocenters. The van der Waals surface area contributed by atoms with Gasteiger partial charge in [0, 0.05) is 18.7 Å². The maximum Gasteiger partial charge on any atom is 0.264 e. The number of benzene rings is 3. The standard InChI is InChI=1S/C30H36FN3O4S/c1-5-19-32-30(36)23(4)33(20-25-11-9-10-14-28(25)31)29(35)21-34(26-17-15-24(16-18-26)22(2)3)39(37,38)27-12-7-6-8-13-27/h6-18,22-23H,5,19-21H2,1-4H3,(H,32,36)/t23-/m0/s1. The summed E-state index contributed by atoms with van der Waals surface area (Å²) < 4.78 is 43.2. The van der Waals surface area contributed by atoms with E-state index in [1.807, 2.05) is 32.9 Å². The molecule has 0 bridgehead atoms. The minimum Gasteiger partial charge on any atom is -0.354 e. The van der Waals surface area contributed by atoms with Crippen molar-refractivity contribution < 1.29 is 22.4 Å². The lowest BCUT2D eigenvalue weighted by atomic mass is 10.0. The van der Waals surface area contributed by atoms with Crippen LogP contribution in [0.25, 0.3) is 0 Å². The maximum absolute atomic E-state index is 14.6. The van der Waals surface area contributed by atoms with Crippen molar-refractivity contribution in [2.24, 2.45) is 0 Å². The van der Waals surface area contributed by atoms with E-state index in [2.05, 4.69) is 5.32 Å². The van der Waals surface area contributed by atoms with Crippen molar-refractivity contribution in [3.63, 3.8) is 0 Å². The van der Waals surface area contributed by atoms with E-state index in [9.17, 15) is 22.4 Å². The summed E-state index contributed by atoms with van der Waals surface area (Å²) in [5, 5.41) is 2.77. The fourth-order valence-corrected chi connectivity index (χ4v) is 5.50. The van der Waals surface area contributed by atoms with Gasteiger partial charge in [0.15, 0.2) is 0 Å². The van der Waals surface area contributed by atoms with Gasteiger partial charge in [0.2, 0.25) is 11.8 Å². The Morgan fingerprint density at radius 1 is 0.897 bits per heavy atom. The normalized spacial score (nSPS) is 12.2. The van der Waals surface area contributed by atoms with Crippen LogP contribution in [0.3, 0.4) is 0 Å². The number of hydrogen-bond acceptors (Lipinski definition) is 4. The van der Waals surface area contributed by atoms with Gasteiger partial charge in [0.25, 0.3) is 10.0 Å². The first kappa shape index (κ1) is 29.8. The first-order valence-electron chi connectivity index (χ1n) is 13.0. The summed E-state index contributed by atoms with van der Waals surface area (Å²) in [7, 11) is -4.15. The summed E-state index contributed by atoms with van der Waals surface area (Å²) in [6, 6.07) is 19.9. The number of sulfonamides is 1. The van der Waals surface area contributed by atoms with Gasteiger partial charge in [-0.2, -0.15) is 0 Å². The van der Waals surface area contributed by atoms with Gasteiger partial charge in [0.1, 0.15) is 18.4 Å². The Labute approximate surface area is 230 Å². The molecular weight excluding hydrogens is 517 g/mol. The largest absolute Gasteiger partial charge is 0.354 e. The molecule has 0 aromatic heterocycles. The van der Waals surface area contributed by atoms with Crippen LogP contribution in [-0.4, -0.2) is 44.3 Å². The molecule has 208 valence electrons. The van der Waals surface area contributed by atoms with Crippen LogP contribution in [-0.2, 0) is 26.2 Å². The van der Waals surface area contributed by atoms with Crippen molar-refractivity contribution in [3.05, 3.63) is 95.8 Å². The topological polar surface area (TPSA) is 86.8 Å². The summed E-state index contributed by atoms with van der Waals surface area (Å²) in [6.45, 7) is 7.17. The summed E-state index contributed by atoms with van der Waals surface area (Å²) in [4.78, 5) is 28.0. The van der Waals surface area contributed by atoms with Crippen LogP contribution in [0.15, 0.2) is 83.8 Å². The van der Waals surface area contributed by atoms with Crippen molar-refractivity contribution in [2.45, 2.75) is 57.5 Å². The lowest BCUT2D eigenvalue weighted by molar-refractivity contribution is -0.139. The molecule has 2 amide bonds. The van der Waals surface area contributed by atoms with E-state index in [4.69, 9.17) is 0 Å². The van der Waals surface area contributed by atoms with E-state index in [1.165, 1.54) is 35.2 Å². The highest BCUT2D eigenvalue weighted by molar-refractivity contribution is 7.92. The number of carbonyl (C=O) groups excluding carboxylic acids is 2. The Bertz CT molecular complexity index is 1360. The number of nitrogens with zero attached hydrogens (tertiary/aromatic N) is 2. The van der Waals surface area contributed by atoms with E-state index in [0.717, 1.165) is 9.87 Å². The smallest absolute Gasteiger partial charge is 0.264 e. The van der Waals surface area contributed by atoms with Gasteiger partial charge in [-0.1, -0.05) is 69.3 Å². The van der Waals surface area contributed by atoms with Crippen LogP contribution in [0, 0.1) is 5.82 Å². The Balaban J connectivity index is 2.03. The molecule has 0 saturated carbocycles. The maximum atomic E-state index is 14.6. The average Bonchev–Trinajstić information content (AvgIpc) is 2.94. The number of amides is 2. The predicted octanol–water partition coefficient (Wildman–Crippen LogP) is 5.09. The molecule has 39 heavy (non-hydrogen) atoms. The van der Waals surface area contributed by atoms with Gasteiger partial charge < -0.3 is 10.2 Å². The number of halogens is 1. The first-order valence-corrected chi connectivity index (χ1v) is 14.5. The molecule has 0 saturated heterocycles. The van der Waals surface area contributed by atoms with Gasteiger partial charge in [-0.15, -0.1) is 0 Å². The van der Waals surface area contributed by atoms with Gasteiger partial charge in [-0.05, 0) is 55.2 Å². The molecule has 7 nitrogen and oxygen atoms in total. The molecule has 0 radical (unpaired) electrons. The number of anilines is 1. The van der Waals surface area contributed by atoms with Gasteiger partial charge in [0.05, 0.1) is 10.6 Å². The molecule has 0 heterocycles. The van der Waals surface area contributed by atoms with Crippen LogP contribution in [0.4, 0.5) is 10.1 Å². The summed E-state index contributed by atoms with van der Waals surface area (Å²) in [5.74, 6) is -1.32. The van der Waals surface area contributed by atoms with Crippen LogP contribution in [0.2, 0.25) is 0 Å². The zero-order valence-corrected chi connectivity index (χ0v) is 23.6. The minimum atomic E-state index is -4.15. The number of rotatable bonds is 12. The molecule has 0 aliphatic rings. The van der Waals surface area contributed by atoms with Crippen molar-refractivity contribution in [1.29, 1.82) is 0 Å². The SMILES string of the molecule is CCCNC(=O)[C@H](C)N(Cc1ccccc1F)C(=O)CN(c1ccc(C(C)C)cc1)S(=O)(=O)c1ccccc1. The highest BCUT2D eigenvalue weighted by Gasteiger charge is 2.32. The number of carbonyl (C=O) groups is 2. The van der Waals surface area contributed by atoms with Crippen molar-refractivity contribution >= 4 is 27.5 Å². The fraction of sp³-hybridized carbons (Fsp3) is 0.333. The van der Waals surface area contributed by atoms with E-state index >= 15 is 0 Å². The third-order valence-corrected chi connectivity index (χ3v) is 8.26. The first-order chi connectivity index (χ1) is 18.6.